The van der Waals surface area contributed by atoms with Crippen molar-refractivity contribution >= 4 is 5.84 Å². The number of likely N-dealkylation sites (N-methyl/N-ethyl adjacent to an activating group) is 1. The molecule has 0 radical (unpaired) electrons. The number of benzene rings is 1. The van der Waals surface area contributed by atoms with Gasteiger partial charge in [0.05, 0.1) is 5.84 Å². The summed E-state index contributed by atoms with van der Waals surface area (Å²) in [6, 6.07) is 7.13. The zero-order chi connectivity index (χ0) is 26.5. The Bertz CT molecular complexity index is 1360. The van der Waals surface area contributed by atoms with Gasteiger partial charge in [-0.1, -0.05) is 25.1 Å². The SMILES string of the molecule is Cc1cc(OCCN(C)C)cc(C(NC2=CC(C)C(C(=N)N)C=C2)c2nn(-c3ncccn3)c(=O)[nH]2)c1. The maximum atomic E-state index is 12.8. The normalized spacial score (nSPS) is 17.9. The highest BCUT2D eigenvalue weighted by Crippen LogP contribution is 2.28. The molecule has 0 saturated carbocycles. The molecule has 3 unspecified atom stereocenters. The lowest BCUT2D eigenvalue weighted by Crippen LogP contribution is -2.30. The number of ether oxygens (including phenoxy) is 1. The first-order valence-corrected chi connectivity index (χ1v) is 12.1. The predicted octanol–water partition coefficient (Wildman–Crippen LogP) is 1.92. The summed E-state index contributed by atoms with van der Waals surface area (Å²) in [5, 5.41) is 15.9. The van der Waals surface area contributed by atoms with Gasteiger partial charge in [0.2, 0.25) is 0 Å². The molecule has 2 heterocycles. The summed E-state index contributed by atoms with van der Waals surface area (Å²) in [6.45, 7) is 5.34. The zero-order valence-electron chi connectivity index (χ0n) is 21.5. The van der Waals surface area contributed by atoms with Crippen LogP contribution in [0.3, 0.4) is 0 Å². The monoisotopic (exact) mass is 503 g/mol. The molecular formula is C26H33N9O2. The van der Waals surface area contributed by atoms with Crippen LogP contribution in [-0.4, -0.2) is 62.7 Å². The van der Waals surface area contributed by atoms with Crippen LogP contribution in [0.1, 0.15) is 29.9 Å². The summed E-state index contributed by atoms with van der Waals surface area (Å²) in [7, 11) is 3.99. The number of aromatic amines is 1. The Labute approximate surface area is 215 Å². The lowest BCUT2D eigenvalue weighted by molar-refractivity contribution is 0.261. The second-order valence-electron chi connectivity index (χ2n) is 9.41. The van der Waals surface area contributed by atoms with Crippen molar-refractivity contribution in [3.8, 4) is 11.7 Å². The Morgan fingerprint density at radius 2 is 2.05 bits per heavy atom. The molecule has 1 aliphatic carbocycles. The molecule has 0 saturated heterocycles. The van der Waals surface area contributed by atoms with Crippen LogP contribution in [0.5, 0.6) is 5.75 Å². The fraction of sp³-hybridized carbons (Fsp3) is 0.346. The van der Waals surface area contributed by atoms with E-state index >= 15 is 0 Å². The Hall–Kier alpha value is -4.25. The van der Waals surface area contributed by atoms with Gasteiger partial charge in [-0.05, 0) is 62.3 Å². The van der Waals surface area contributed by atoms with E-state index in [0.29, 0.717) is 12.4 Å². The van der Waals surface area contributed by atoms with E-state index in [-0.39, 0.29) is 23.6 Å². The standard InChI is InChI=1S/C26H33N9O2/c1-16-12-18(15-20(13-16)37-11-10-34(3)4)22(31-19-6-7-21(23(27)28)17(2)14-19)24-32-26(36)35(33-24)25-29-8-5-9-30-25/h5-9,12-15,17,21-22,31H,10-11H2,1-4H3,(H3,27,28)(H,32,33,36). The Morgan fingerprint density at radius 3 is 2.73 bits per heavy atom. The van der Waals surface area contributed by atoms with Crippen LogP contribution >= 0.6 is 0 Å². The Kier molecular flexibility index (Phi) is 7.83. The molecule has 4 rings (SSSR count). The van der Waals surface area contributed by atoms with Crippen molar-refractivity contribution in [2.75, 3.05) is 27.2 Å². The van der Waals surface area contributed by atoms with Crippen molar-refractivity contribution in [3.63, 3.8) is 0 Å². The van der Waals surface area contributed by atoms with Crippen molar-refractivity contribution in [2.24, 2.45) is 17.6 Å². The molecule has 37 heavy (non-hydrogen) atoms. The smallest absolute Gasteiger partial charge is 0.350 e. The van der Waals surface area contributed by atoms with Gasteiger partial charge in [-0.3, -0.25) is 10.4 Å². The van der Waals surface area contributed by atoms with Crippen LogP contribution < -0.4 is 21.5 Å². The maximum Gasteiger partial charge on any atom is 0.350 e. The minimum Gasteiger partial charge on any atom is -0.492 e. The maximum absolute atomic E-state index is 12.8. The van der Waals surface area contributed by atoms with Gasteiger partial charge in [0.1, 0.15) is 18.4 Å². The lowest BCUT2D eigenvalue weighted by atomic mass is 9.88. The summed E-state index contributed by atoms with van der Waals surface area (Å²) in [5.74, 6) is 1.31. The largest absolute Gasteiger partial charge is 0.492 e. The van der Waals surface area contributed by atoms with E-state index in [1.165, 1.54) is 0 Å². The fourth-order valence-corrected chi connectivity index (χ4v) is 4.16. The summed E-state index contributed by atoms with van der Waals surface area (Å²) in [4.78, 5) is 26.0. The molecule has 0 fully saturated rings. The summed E-state index contributed by atoms with van der Waals surface area (Å²) in [5.41, 5.74) is 8.02. The molecule has 2 aromatic heterocycles. The van der Waals surface area contributed by atoms with Gasteiger partial charge in [-0.15, -0.1) is 9.78 Å². The number of hydrogen-bond donors (Lipinski definition) is 4. The van der Waals surface area contributed by atoms with Gasteiger partial charge in [0, 0.05) is 30.6 Å². The van der Waals surface area contributed by atoms with Crippen molar-refractivity contribution < 1.29 is 4.74 Å². The molecule has 0 spiro atoms. The molecule has 1 aliphatic rings. The molecule has 0 amide bonds. The summed E-state index contributed by atoms with van der Waals surface area (Å²) in [6.07, 6.45) is 8.96. The molecule has 3 atom stereocenters. The fourth-order valence-electron chi connectivity index (χ4n) is 4.16. The van der Waals surface area contributed by atoms with Gasteiger partial charge in [0.25, 0.3) is 5.95 Å². The summed E-state index contributed by atoms with van der Waals surface area (Å²) >= 11 is 0. The minimum atomic E-state index is -0.509. The van der Waals surface area contributed by atoms with Crippen molar-refractivity contribution in [2.45, 2.75) is 19.9 Å². The minimum absolute atomic E-state index is 0.0300. The highest BCUT2D eigenvalue weighted by Gasteiger charge is 2.25. The van der Waals surface area contributed by atoms with Crippen molar-refractivity contribution in [1.82, 2.24) is 34.9 Å². The Morgan fingerprint density at radius 1 is 1.30 bits per heavy atom. The quantitative estimate of drug-likeness (QED) is 0.242. The number of aryl methyl sites for hydroxylation is 1. The average molecular weight is 504 g/mol. The first-order chi connectivity index (χ1) is 17.7. The summed E-state index contributed by atoms with van der Waals surface area (Å²) < 4.78 is 7.16. The van der Waals surface area contributed by atoms with Crippen LogP contribution in [0.4, 0.5) is 0 Å². The van der Waals surface area contributed by atoms with Gasteiger partial charge in [0.15, 0.2) is 5.82 Å². The van der Waals surface area contributed by atoms with E-state index in [1.807, 2.05) is 64.4 Å². The molecule has 11 heteroatoms. The van der Waals surface area contributed by atoms with E-state index < -0.39 is 11.7 Å². The number of nitrogens with one attached hydrogen (secondary N) is 3. The Balaban J connectivity index is 1.72. The van der Waals surface area contributed by atoms with E-state index in [0.717, 1.165) is 33.8 Å². The molecule has 1 aromatic carbocycles. The number of rotatable bonds is 10. The van der Waals surface area contributed by atoms with Crippen LogP contribution in [-0.2, 0) is 0 Å². The lowest BCUT2D eigenvalue weighted by Gasteiger charge is -2.26. The topological polar surface area (TPSA) is 151 Å². The van der Waals surface area contributed by atoms with Gasteiger partial charge < -0.3 is 20.7 Å². The number of hydrogen-bond acceptors (Lipinski definition) is 8. The first-order valence-electron chi connectivity index (χ1n) is 12.1. The highest BCUT2D eigenvalue weighted by atomic mass is 16.5. The van der Waals surface area contributed by atoms with Crippen LogP contribution in [0.2, 0.25) is 0 Å². The third-order valence-electron chi connectivity index (χ3n) is 6.03. The second kappa shape index (κ2) is 11.2. The number of allylic oxidation sites excluding steroid dienone is 2. The number of H-pyrrole nitrogens is 1. The highest BCUT2D eigenvalue weighted by molar-refractivity contribution is 5.82. The van der Waals surface area contributed by atoms with Crippen LogP contribution in [0.15, 0.2) is 65.4 Å². The van der Waals surface area contributed by atoms with E-state index in [2.05, 4.69) is 30.3 Å². The molecule has 194 valence electrons. The second-order valence-corrected chi connectivity index (χ2v) is 9.41. The number of nitrogens with zero attached hydrogens (tertiary/aromatic N) is 5. The average Bonchev–Trinajstić information content (AvgIpc) is 3.23. The van der Waals surface area contributed by atoms with Crippen molar-refractivity contribution in [3.05, 3.63) is 88.0 Å². The zero-order valence-corrected chi connectivity index (χ0v) is 21.5. The first kappa shape index (κ1) is 25.8. The molecule has 3 aromatic rings. The van der Waals surface area contributed by atoms with E-state index in [4.69, 9.17) is 15.9 Å². The molecular weight excluding hydrogens is 470 g/mol. The molecule has 11 nitrogen and oxygen atoms in total. The van der Waals surface area contributed by atoms with E-state index in [9.17, 15) is 4.79 Å². The molecule has 0 aliphatic heterocycles. The number of nitrogens with two attached hydrogens (primary N) is 1. The van der Waals surface area contributed by atoms with Crippen LogP contribution in [0, 0.1) is 24.2 Å². The third-order valence-corrected chi connectivity index (χ3v) is 6.03. The van der Waals surface area contributed by atoms with Crippen LogP contribution in [0.25, 0.3) is 5.95 Å². The molecule has 5 N–H and O–H groups in total. The molecule has 0 bridgehead atoms. The van der Waals surface area contributed by atoms with Gasteiger partial charge in [-0.25, -0.2) is 14.8 Å². The predicted molar refractivity (Wildman–Crippen MR) is 142 cm³/mol. The van der Waals surface area contributed by atoms with Gasteiger partial charge in [-0.2, -0.15) is 0 Å². The number of amidine groups is 1. The van der Waals surface area contributed by atoms with E-state index in [1.54, 1.807) is 18.5 Å². The third kappa shape index (κ3) is 6.31. The van der Waals surface area contributed by atoms with Crippen molar-refractivity contribution in [1.29, 1.82) is 5.41 Å². The number of aromatic nitrogens is 5. The van der Waals surface area contributed by atoms with Gasteiger partial charge >= 0.3 is 5.69 Å².